The number of hydrogen-bond donors (Lipinski definition) is 2. The van der Waals surface area contributed by atoms with Crippen LogP contribution in [0.25, 0.3) is 17.1 Å². The molecule has 2 aromatic heterocycles. The Morgan fingerprint density at radius 1 is 1.24 bits per heavy atom. The summed E-state index contributed by atoms with van der Waals surface area (Å²) in [6.07, 6.45) is 4.83. The topological polar surface area (TPSA) is 78.9 Å². The number of H-pyrrole nitrogens is 1. The van der Waals surface area contributed by atoms with Crippen LogP contribution in [0.3, 0.4) is 0 Å². The summed E-state index contributed by atoms with van der Waals surface area (Å²) in [5.41, 5.74) is 2.43. The number of pyridine rings is 1. The fourth-order valence-electron chi connectivity index (χ4n) is 1.83. The second-order valence-corrected chi connectivity index (χ2v) is 5.29. The molecule has 1 aromatic carbocycles. The summed E-state index contributed by atoms with van der Waals surface area (Å²) in [6.45, 7) is 0. The van der Waals surface area contributed by atoms with Crippen molar-refractivity contribution in [2.24, 2.45) is 0 Å². The lowest BCUT2D eigenvalue weighted by Crippen LogP contribution is -1.97. The third-order valence-electron chi connectivity index (χ3n) is 2.77. The largest absolute Gasteiger partial charge is 0.477 e. The van der Waals surface area contributed by atoms with Gasteiger partial charge in [0.2, 0.25) is 0 Å². The van der Waals surface area contributed by atoms with Gasteiger partial charge < -0.3 is 10.1 Å². The second-order valence-electron chi connectivity index (χ2n) is 4.26. The van der Waals surface area contributed by atoms with Gasteiger partial charge in [0.1, 0.15) is 4.91 Å². The first-order chi connectivity index (χ1) is 10.2. The van der Waals surface area contributed by atoms with Gasteiger partial charge >= 0.3 is 5.97 Å². The van der Waals surface area contributed by atoms with Crippen LogP contribution in [-0.4, -0.2) is 26.0 Å². The second kappa shape index (κ2) is 5.80. The lowest BCUT2D eigenvalue weighted by atomic mass is 10.2. The summed E-state index contributed by atoms with van der Waals surface area (Å²) in [4.78, 5) is 23.0. The number of aliphatic carboxylic acids is 1. The van der Waals surface area contributed by atoms with Gasteiger partial charge in [-0.3, -0.25) is 4.98 Å². The summed E-state index contributed by atoms with van der Waals surface area (Å²) in [5, 5.41) is 9.87. The van der Waals surface area contributed by atoms with Crippen molar-refractivity contribution in [3.63, 3.8) is 0 Å². The predicted octanol–water partition coefficient (Wildman–Crippen LogP) is 3.18. The molecule has 0 bridgehead atoms. The summed E-state index contributed by atoms with van der Waals surface area (Å²) < 4.78 is 0. The summed E-state index contributed by atoms with van der Waals surface area (Å²) in [5.74, 6) is -0.996. The van der Waals surface area contributed by atoms with E-state index < -0.39 is 5.97 Å². The van der Waals surface area contributed by atoms with Gasteiger partial charge in [0.25, 0.3) is 0 Å². The molecule has 0 spiro atoms. The van der Waals surface area contributed by atoms with Gasteiger partial charge in [0.05, 0.1) is 11.0 Å². The summed E-state index contributed by atoms with van der Waals surface area (Å²) >= 11 is 1.08. The Hall–Kier alpha value is -2.60. The van der Waals surface area contributed by atoms with Crippen molar-refractivity contribution in [2.75, 3.05) is 0 Å². The number of nitrogens with zero attached hydrogens (tertiary/aromatic N) is 2. The van der Waals surface area contributed by atoms with Crippen molar-refractivity contribution in [3.8, 4) is 0 Å². The molecular weight excluding hydrogens is 286 g/mol. The molecule has 0 saturated heterocycles. The van der Waals surface area contributed by atoms with Crippen LogP contribution >= 0.6 is 11.8 Å². The number of carboxylic acid groups (broad SMARTS) is 1. The average molecular weight is 297 g/mol. The molecule has 0 saturated carbocycles. The van der Waals surface area contributed by atoms with Crippen LogP contribution in [0, 0.1) is 0 Å². The molecule has 0 aliphatic heterocycles. The van der Waals surface area contributed by atoms with E-state index in [1.54, 1.807) is 30.6 Å². The standard InChI is InChI=1S/C15H11N3O2S/c19-14(20)13(8-10-4-3-7-16-9-10)21-15-17-11-5-1-2-6-12(11)18-15/h1-9H,(H,17,18)(H,19,20)/b13-8-. The molecule has 2 heterocycles. The van der Waals surface area contributed by atoms with E-state index in [0.717, 1.165) is 28.4 Å². The molecule has 3 rings (SSSR count). The predicted molar refractivity (Wildman–Crippen MR) is 81.8 cm³/mol. The van der Waals surface area contributed by atoms with Crippen molar-refractivity contribution >= 4 is 34.8 Å². The minimum atomic E-state index is -0.996. The Morgan fingerprint density at radius 2 is 2.10 bits per heavy atom. The van der Waals surface area contributed by atoms with Crippen LogP contribution in [0.2, 0.25) is 0 Å². The molecule has 0 atom stereocenters. The van der Waals surface area contributed by atoms with Crippen molar-refractivity contribution in [1.29, 1.82) is 0 Å². The number of rotatable bonds is 4. The molecule has 21 heavy (non-hydrogen) atoms. The maximum atomic E-state index is 11.4. The van der Waals surface area contributed by atoms with Crippen molar-refractivity contribution in [1.82, 2.24) is 15.0 Å². The molecule has 3 aromatic rings. The number of para-hydroxylation sites is 2. The zero-order chi connectivity index (χ0) is 14.7. The lowest BCUT2D eigenvalue weighted by Gasteiger charge is -1.99. The normalized spacial score (nSPS) is 11.7. The number of imidazole rings is 1. The van der Waals surface area contributed by atoms with Crippen LogP contribution in [0.5, 0.6) is 0 Å². The highest BCUT2D eigenvalue weighted by Crippen LogP contribution is 2.27. The van der Waals surface area contributed by atoms with Crippen molar-refractivity contribution in [2.45, 2.75) is 5.16 Å². The monoisotopic (exact) mass is 297 g/mol. The van der Waals surface area contributed by atoms with E-state index in [1.807, 2.05) is 24.3 Å². The molecule has 0 aliphatic rings. The number of thioether (sulfide) groups is 1. The van der Waals surface area contributed by atoms with E-state index in [2.05, 4.69) is 15.0 Å². The van der Waals surface area contributed by atoms with Gasteiger partial charge in [-0.2, -0.15) is 0 Å². The zero-order valence-corrected chi connectivity index (χ0v) is 11.7. The van der Waals surface area contributed by atoms with Gasteiger partial charge in [0, 0.05) is 12.4 Å². The van der Waals surface area contributed by atoms with Gasteiger partial charge in [-0.25, -0.2) is 9.78 Å². The van der Waals surface area contributed by atoms with Gasteiger partial charge in [0.15, 0.2) is 5.16 Å². The molecule has 0 aliphatic carbocycles. The van der Waals surface area contributed by atoms with E-state index in [4.69, 9.17) is 0 Å². The third-order valence-corrected chi connectivity index (χ3v) is 3.67. The highest BCUT2D eigenvalue weighted by atomic mass is 32.2. The van der Waals surface area contributed by atoms with Gasteiger partial charge in [-0.1, -0.05) is 18.2 Å². The zero-order valence-electron chi connectivity index (χ0n) is 10.9. The number of aromatic amines is 1. The Kier molecular flexibility index (Phi) is 3.70. The van der Waals surface area contributed by atoms with Crippen LogP contribution in [0.15, 0.2) is 58.9 Å². The van der Waals surface area contributed by atoms with Crippen LogP contribution in [0.1, 0.15) is 5.56 Å². The summed E-state index contributed by atoms with van der Waals surface area (Å²) in [7, 11) is 0. The Balaban J connectivity index is 1.92. The van der Waals surface area contributed by atoms with E-state index >= 15 is 0 Å². The molecule has 6 heteroatoms. The lowest BCUT2D eigenvalue weighted by molar-refractivity contribution is -0.131. The maximum absolute atomic E-state index is 11.4. The minimum Gasteiger partial charge on any atom is -0.477 e. The molecule has 0 unspecified atom stereocenters. The molecule has 0 amide bonds. The van der Waals surface area contributed by atoms with Crippen LogP contribution in [0.4, 0.5) is 0 Å². The van der Waals surface area contributed by atoms with E-state index in [1.165, 1.54) is 0 Å². The number of carbonyl (C=O) groups is 1. The number of hydrogen-bond acceptors (Lipinski definition) is 4. The first-order valence-electron chi connectivity index (χ1n) is 6.20. The number of aromatic nitrogens is 3. The first kappa shape index (κ1) is 13.4. The number of benzene rings is 1. The number of nitrogens with one attached hydrogen (secondary N) is 1. The fourth-order valence-corrected chi connectivity index (χ4v) is 2.63. The van der Waals surface area contributed by atoms with E-state index in [-0.39, 0.29) is 4.91 Å². The van der Waals surface area contributed by atoms with Gasteiger partial charge in [-0.05, 0) is 41.6 Å². The maximum Gasteiger partial charge on any atom is 0.342 e. The third kappa shape index (κ3) is 3.11. The van der Waals surface area contributed by atoms with Crippen LogP contribution < -0.4 is 0 Å². The minimum absolute atomic E-state index is 0.182. The molecule has 2 N–H and O–H groups in total. The van der Waals surface area contributed by atoms with E-state index in [0.29, 0.717) is 5.16 Å². The van der Waals surface area contributed by atoms with Crippen molar-refractivity contribution < 1.29 is 9.90 Å². The molecular formula is C15H11N3O2S. The summed E-state index contributed by atoms with van der Waals surface area (Å²) in [6, 6.07) is 11.1. The molecule has 104 valence electrons. The quantitative estimate of drug-likeness (QED) is 0.571. The number of carboxylic acids is 1. The molecule has 0 radical (unpaired) electrons. The first-order valence-corrected chi connectivity index (χ1v) is 7.01. The Morgan fingerprint density at radius 3 is 2.81 bits per heavy atom. The smallest absolute Gasteiger partial charge is 0.342 e. The molecule has 0 fully saturated rings. The SMILES string of the molecule is O=C(O)/C(=C/c1cccnc1)Sc1nc2ccccc2[nH]1. The number of fused-ring (bicyclic) bond motifs is 1. The Bertz CT molecular complexity index is 779. The van der Waals surface area contributed by atoms with Crippen molar-refractivity contribution in [3.05, 3.63) is 59.3 Å². The average Bonchev–Trinajstić information content (AvgIpc) is 2.90. The highest BCUT2D eigenvalue weighted by molar-refractivity contribution is 8.04. The molecule has 5 nitrogen and oxygen atoms in total. The van der Waals surface area contributed by atoms with Crippen LogP contribution in [-0.2, 0) is 4.79 Å². The van der Waals surface area contributed by atoms with E-state index in [9.17, 15) is 9.90 Å². The Labute approximate surface area is 124 Å². The highest BCUT2D eigenvalue weighted by Gasteiger charge is 2.12. The fraction of sp³-hybridized carbons (Fsp3) is 0. The van der Waals surface area contributed by atoms with Gasteiger partial charge in [-0.15, -0.1) is 0 Å².